The summed E-state index contributed by atoms with van der Waals surface area (Å²) >= 11 is 0. The van der Waals surface area contributed by atoms with Crippen LogP contribution in [0.5, 0.6) is 0 Å². The Morgan fingerprint density at radius 1 is 0.848 bits per heavy atom. The van der Waals surface area contributed by atoms with E-state index in [4.69, 9.17) is 0 Å². The van der Waals surface area contributed by atoms with Crippen LogP contribution in [-0.4, -0.2) is 0 Å². The largest absolute Gasteiger partial charge is 0.379 e. The molecule has 4 rings (SSSR count). The van der Waals surface area contributed by atoms with Gasteiger partial charge in [-0.1, -0.05) is 97.8 Å². The minimum atomic E-state index is 0.196. The number of allylic oxidation sites excluding steroid dienone is 1. The fourth-order valence-corrected chi connectivity index (χ4v) is 4.87. The molecule has 1 fully saturated rings. The van der Waals surface area contributed by atoms with E-state index in [1.165, 1.54) is 71.1 Å². The van der Waals surface area contributed by atoms with Crippen LogP contribution in [0.2, 0.25) is 0 Å². The van der Waals surface area contributed by atoms with Crippen LogP contribution in [-0.2, 0) is 6.42 Å². The lowest BCUT2D eigenvalue weighted by atomic mass is 9.84. The van der Waals surface area contributed by atoms with Crippen LogP contribution in [0.1, 0.15) is 85.4 Å². The lowest BCUT2D eigenvalue weighted by molar-refractivity contribution is 0.601. The Kier molecular flexibility index (Phi) is 7.50. The highest BCUT2D eigenvalue weighted by Crippen LogP contribution is 2.35. The van der Waals surface area contributed by atoms with Crippen molar-refractivity contribution in [3.05, 3.63) is 118 Å². The number of nitrogens with one attached hydrogen (secondary N) is 1. The third kappa shape index (κ3) is 5.66. The lowest BCUT2D eigenvalue weighted by Gasteiger charge is -2.22. The molecule has 170 valence electrons. The van der Waals surface area contributed by atoms with Crippen LogP contribution in [0, 0.1) is 6.92 Å². The zero-order chi connectivity index (χ0) is 23.2. The van der Waals surface area contributed by atoms with Crippen molar-refractivity contribution in [2.45, 2.75) is 65.3 Å². The molecule has 1 nitrogen and oxygen atoms in total. The van der Waals surface area contributed by atoms with Gasteiger partial charge in [0.25, 0.3) is 0 Å². The molecular weight excluding hydrogens is 398 g/mol. The SMILES string of the molecule is C=C(NC(C)c1ccc(C(=C2CCCCC2)c2ccc(C)cc2)cc1)c1cccc(CC)c1. The van der Waals surface area contributed by atoms with Gasteiger partial charge >= 0.3 is 0 Å². The molecule has 1 N–H and O–H groups in total. The van der Waals surface area contributed by atoms with Gasteiger partial charge in [0.05, 0.1) is 0 Å². The lowest BCUT2D eigenvalue weighted by Crippen LogP contribution is -2.16. The normalized spacial score (nSPS) is 14.6. The third-order valence-corrected chi connectivity index (χ3v) is 6.92. The summed E-state index contributed by atoms with van der Waals surface area (Å²) in [5.74, 6) is 0. The van der Waals surface area contributed by atoms with Gasteiger partial charge in [-0.05, 0) is 85.4 Å². The molecule has 0 amide bonds. The van der Waals surface area contributed by atoms with E-state index in [0.29, 0.717) is 0 Å². The number of hydrogen-bond acceptors (Lipinski definition) is 1. The second-order valence-corrected chi connectivity index (χ2v) is 9.43. The van der Waals surface area contributed by atoms with Crippen LogP contribution < -0.4 is 5.32 Å². The second kappa shape index (κ2) is 10.7. The van der Waals surface area contributed by atoms with Gasteiger partial charge < -0.3 is 5.32 Å². The number of hydrogen-bond donors (Lipinski definition) is 1. The molecule has 1 aliphatic rings. The monoisotopic (exact) mass is 435 g/mol. The van der Waals surface area contributed by atoms with E-state index in [2.05, 4.69) is 105 Å². The maximum absolute atomic E-state index is 4.30. The zero-order valence-corrected chi connectivity index (χ0v) is 20.5. The standard InChI is InChI=1S/C32H37N/c1-5-26-10-9-13-31(22-26)25(4)33-24(3)27-18-20-30(21-19-27)32(28-11-7-6-8-12-28)29-16-14-23(2)15-17-29/h9-10,13-22,24,33H,4-8,11-12H2,1-3H3. The van der Waals surface area contributed by atoms with Crippen molar-refractivity contribution in [2.24, 2.45) is 0 Å². The first-order valence-electron chi connectivity index (χ1n) is 12.5. The first-order valence-corrected chi connectivity index (χ1v) is 12.5. The highest BCUT2D eigenvalue weighted by molar-refractivity contribution is 5.82. The Bertz CT molecular complexity index is 1110. The van der Waals surface area contributed by atoms with E-state index in [9.17, 15) is 0 Å². The van der Waals surface area contributed by atoms with Crippen LogP contribution in [0.15, 0.2) is 84.9 Å². The predicted octanol–water partition coefficient (Wildman–Crippen LogP) is 8.64. The number of rotatable bonds is 7. The molecule has 0 radical (unpaired) electrons. The third-order valence-electron chi connectivity index (χ3n) is 6.92. The van der Waals surface area contributed by atoms with E-state index >= 15 is 0 Å². The maximum atomic E-state index is 4.30. The molecule has 3 aromatic rings. The Hall–Kier alpha value is -3.06. The van der Waals surface area contributed by atoms with Gasteiger partial charge in [0.1, 0.15) is 0 Å². The Morgan fingerprint density at radius 3 is 2.12 bits per heavy atom. The van der Waals surface area contributed by atoms with Crippen LogP contribution in [0.4, 0.5) is 0 Å². The van der Waals surface area contributed by atoms with E-state index < -0.39 is 0 Å². The van der Waals surface area contributed by atoms with Crippen molar-refractivity contribution in [3.8, 4) is 0 Å². The quantitative estimate of drug-likeness (QED) is 0.391. The van der Waals surface area contributed by atoms with Crippen molar-refractivity contribution < 1.29 is 0 Å². The smallest absolute Gasteiger partial charge is 0.0485 e. The summed E-state index contributed by atoms with van der Waals surface area (Å²) in [5, 5.41) is 3.61. The predicted molar refractivity (Wildman–Crippen MR) is 143 cm³/mol. The number of aryl methyl sites for hydroxylation is 2. The summed E-state index contributed by atoms with van der Waals surface area (Å²) in [4.78, 5) is 0. The topological polar surface area (TPSA) is 12.0 Å². The molecule has 33 heavy (non-hydrogen) atoms. The highest BCUT2D eigenvalue weighted by Gasteiger charge is 2.16. The summed E-state index contributed by atoms with van der Waals surface area (Å²) in [6, 6.07) is 27.1. The Balaban J connectivity index is 1.56. The molecule has 1 atom stereocenters. The van der Waals surface area contributed by atoms with Gasteiger partial charge in [-0.15, -0.1) is 0 Å². The van der Waals surface area contributed by atoms with Crippen LogP contribution in [0.25, 0.3) is 11.3 Å². The molecular formula is C32H37N. The molecule has 0 spiro atoms. The second-order valence-electron chi connectivity index (χ2n) is 9.43. The molecule has 0 saturated heterocycles. The van der Waals surface area contributed by atoms with Gasteiger partial charge in [0.2, 0.25) is 0 Å². The minimum Gasteiger partial charge on any atom is -0.379 e. The molecule has 0 bridgehead atoms. The molecule has 1 heteroatoms. The summed E-state index contributed by atoms with van der Waals surface area (Å²) in [6.07, 6.45) is 7.46. The van der Waals surface area contributed by atoms with Crippen LogP contribution in [0.3, 0.4) is 0 Å². The first-order chi connectivity index (χ1) is 16.0. The summed E-state index contributed by atoms with van der Waals surface area (Å²) in [7, 11) is 0. The molecule has 0 aliphatic heterocycles. The summed E-state index contributed by atoms with van der Waals surface area (Å²) in [5.41, 5.74) is 11.8. The van der Waals surface area contributed by atoms with Crippen molar-refractivity contribution in [2.75, 3.05) is 0 Å². The van der Waals surface area contributed by atoms with Crippen molar-refractivity contribution >= 4 is 11.3 Å². The Morgan fingerprint density at radius 2 is 1.48 bits per heavy atom. The molecule has 1 saturated carbocycles. The van der Waals surface area contributed by atoms with Gasteiger partial charge in [-0.25, -0.2) is 0 Å². The molecule has 3 aromatic carbocycles. The van der Waals surface area contributed by atoms with Crippen LogP contribution >= 0.6 is 0 Å². The van der Waals surface area contributed by atoms with Gasteiger partial charge in [0, 0.05) is 11.7 Å². The first kappa shape index (κ1) is 23.1. The highest BCUT2D eigenvalue weighted by atomic mass is 14.9. The molecule has 0 aromatic heterocycles. The summed E-state index contributed by atoms with van der Waals surface area (Å²) < 4.78 is 0. The maximum Gasteiger partial charge on any atom is 0.0485 e. The van der Waals surface area contributed by atoms with E-state index in [1.807, 2.05) is 0 Å². The molecule has 1 aliphatic carbocycles. The van der Waals surface area contributed by atoms with E-state index in [1.54, 1.807) is 5.57 Å². The fourth-order valence-electron chi connectivity index (χ4n) is 4.87. The fraction of sp³-hybridized carbons (Fsp3) is 0.312. The molecule has 0 heterocycles. The number of benzene rings is 3. The average Bonchev–Trinajstić information content (AvgIpc) is 2.86. The van der Waals surface area contributed by atoms with Crippen molar-refractivity contribution in [1.82, 2.24) is 5.32 Å². The average molecular weight is 436 g/mol. The summed E-state index contributed by atoms with van der Waals surface area (Å²) in [6.45, 7) is 10.9. The van der Waals surface area contributed by atoms with E-state index in [0.717, 1.165) is 12.1 Å². The van der Waals surface area contributed by atoms with Gasteiger partial charge in [0.15, 0.2) is 0 Å². The van der Waals surface area contributed by atoms with E-state index in [-0.39, 0.29) is 6.04 Å². The Labute approximate surface area is 200 Å². The van der Waals surface area contributed by atoms with Gasteiger partial charge in [-0.3, -0.25) is 0 Å². The molecule has 1 unspecified atom stereocenters. The van der Waals surface area contributed by atoms with Crippen molar-refractivity contribution in [1.29, 1.82) is 0 Å². The van der Waals surface area contributed by atoms with Gasteiger partial charge in [-0.2, -0.15) is 0 Å². The zero-order valence-electron chi connectivity index (χ0n) is 20.5. The minimum absolute atomic E-state index is 0.196. The van der Waals surface area contributed by atoms with Crippen molar-refractivity contribution in [3.63, 3.8) is 0 Å².